The molecule has 2 fully saturated rings. The van der Waals surface area contributed by atoms with Gasteiger partial charge in [-0.25, -0.2) is 4.79 Å². The number of nitrogens with zero attached hydrogens (tertiary/aromatic N) is 1. The number of esters is 1. The molecule has 0 aliphatic carbocycles. The number of thiol groups is 1. The highest BCUT2D eigenvalue weighted by molar-refractivity contribution is 7.81. The maximum Gasteiger partial charge on any atom is 0.409 e. The lowest BCUT2D eigenvalue weighted by Crippen LogP contribution is -2.60. The molecule has 8 atom stereocenters. The molecule has 3 N–H and O–H groups in total. The number of nitrogens with one attached hydrogen (secondary N) is 1. The maximum atomic E-state index is 13.8. The minimum Gasteiger partial charge on any atom is -0.480 e. The van der Waals surface area contributed by atoms with Crippen LogP contribution in [0.3, 0.4) is 0 Å². The Labute approximate surface area is 273 Å². The van der Waals surface area contributed by atoms with Crippen molar-refractivity contribution >= 4 is 53.9 Å². The van der Waals surface area contributed by atoms with Crippen molar-refractivity contribution in [1.29, 1.82) is 0 Å². The van der Waals surface area contributed by atoms with Crippen LogP contribution in [0.25, 0.3) is 0 Å². The van der Waals surface area contributed by atoms with Crippen LogP contribution in [0.4, 0.5) is 10.5 Å². The number of fused-ring (bicyclic) bond motifs is 5. The van der Waals surface area contributed by atoms with E-state index in [0.717, 1.165) is 16.7 Å². The van der Waals surface area contributed by atoms with Crippen molar-refractivity contribution in [1.82, 2.24) is 5.32 Å². The quantitative estimate of drug-likeness (QED) is 0.209. The predicted molar refractivity (Wildman–Crippen MR) is 170 cm³/mol. The van der Waals surface area contributed by atoms with Gasteiger partial charge in [0.15, 0.2) is 0 Å². The molecule has 4 rings (SSSR count). The van der Waals surface area contributed by atoms with Gasteiger partial charge in [-0.1, -0.05) is 55.3 Å². The molecule has 3 aliphatic heterocycles. The zero-order valence-electron chi connectivity index (χ0n) is 26.2. The molecule has 11 nitrogen and oxygen atoms in total. The monoisotopic (exact) mass is 664 g/mol. The van der Waals surface area contributed by atoms with Crippen molar-refractivity contribution in [3.63, 3.8) is 0 Å². The Hall–Kier alpha value is -3.06. The molecular formula is C32H41ClN2O9S. The summed E-state index contributed by atoms with van der Waals surface area (Å²) in [6.45, 7) is 9.09. The Kier molecular flexibility index (Phi) is 10.3. The summed E-state index contributed by atoms with van der Waals surface area (Å²) in [6, 6.07) is 3.78. The summed E-state index contributed by atoms with van der Waals surface area (Å²) in [5.74, 6) is -3.52. The van der Waals surface area contributed by atoms with Gasteiger partial charge in [0.2, 0.25) is 5.91 Å². The minimum atomic E-state index is -1.61. The first-order chi connectivity index (χ1) is 20.9. The number of amides is 2. The van der Waals surface area contributed by atoms with E-state index in [4.69, 9.17) is 25.8 Å². The molecule has 0 aromatic heterocycles. The van der Waals surface area contributed by atoms with Gasteiger partial charge in [0.25, 0.3) is 0 Å². The maximum absolute atomic E-state index is 13.8. The molecular weight excluding hydrogens is 624 g/mol. The fourth-order valence-corrected chi connectivity index (χ4v) is 6.38. The Morgan fingerprint density at radius 3 is 2.62 bits per heavy atom. The minimum absolute atomic E-state index is 0.0553. The first-order valence-corrected chi connectivity index (χ1v) is 15.7. The number of aryl methyl sites for hydroxylation is 1. The van der Waals surface area contributed by atoms with Crippen LogP contribution < -0.4 is 10.2 Å². The number of hydrogen-bond donors (Lipinski definition) is 4. The van der Waals surface area contributed by atoms with E-state index in [1.165, 1.54) is 4.90 Å². The number of benzene rings is 1. The van der Waals surface area contributed by atoms with Crippen molar-refractivity contribution in [2.24, 2.45) is 11.8 Å². The summed E-state index contributed by atoms with van der Waals surface area (Å²) >= 11 is 10.6. The predicted octanol–water partition coefficient (Wildman–Crippen LogP) is 4.36. The van der Waals surface area contributed by atoms with E-state index < -0.39 is 77.1 Å². The summed E-state index contributed by atoms with van der Waals surface area (Å²) in [7, 11) is 1.58. The number of anilines is 1. The largest absolute Gasteiger partial charge is 0.480 e. The van der Waals surface area contributed by atoms with Gasteiger partial charge in [0.05, 0.1) is 29.7 Å². The number of carboxylic acids is 1. The normalized spacial score (nSPS) is 34.7. The van der Waals surface area contributed by atoms with E-state index in [1.807, 2.05) is 44.2 Å². The second-order valence-corrected chi connectivity index (χ2v) is 13.6. The van der Waals surface area contributed by atoms with E-state index >= 15 is 0 Å². The highest BCUT2D eigenvalue weighted by atomic mass is 35.5. The van der Waals surface area contributed by atoms with Gasteiger partial charge in [-0.3, -0.25) is 19.7 Å². The van der Waals surface area contributed by atoms with Crippen molar-refractivity contribution < 1.29 is 43.6 Å². The lowest BCUT2D eigenvalue weighted by molar-refractivity contribution is -0.155. The summed E-state index contributed by atoms with van der Waals surface area (Å²) in [5.41, 5.74) is 0.395. The molecule has 0 radical (unpaired) electrons. The number of rotatable bonds is 4. The van der Waals surface area contributed by atoms with Gasteiger partial charge in [-0.05, 0) is 44.4 Å². The third kappa shape index (κ3) is 7.67. The molecule has 3 heterocycles. The zero-order valence-corrected chi connectivity index (χ0v) is 27.9. The summed E-state index contributed by atoms with van der Waals surface area (Å²) in [4.78, 5) is 52.0. The van der Waals surface area contributed by atoms with Crippen molar-refractivity contribution in [3.05, 3.63) is 52.1 Å². The number of alkyl carbamates (subject to hydrolysis) is 1. The fraction of sp³-hybridized carbons (Fsp3) is 0.562. The molecule has 0 spiro atoms. The summed E-state index contributed by atoms with van der Waals surface area (Å²) in [5, 5.41) is 22.4. The van der Waals surface area contributed by atoms with Crippen LogP contribution in [0, 0.1) is 18.8 Å². The number of aliphatic carboxylic acids is 1. The number of carboxylic acid groups (broad SMARTS) is 1. The second kappa shape index (κ2) is 13.4. The Balaban J connectivity index is 1.75. The fourth-order valence-electron chi connectivity index (χ4n) is 6.00. The van der Waals surface area contributed by atoms with Crippen LogP contribution in [0.5, 0.6) is 0 Å². The molecule has 13 heteroatoms. The topological polar surface area (TPSA) is 155 Å². The molecule has 246 valence electrons. The van der Waals surface area contributed by atoms with E-state index in [9.17, 15) is 29.4 Å². The van der Waals surface area contributed by atoms with Crippen molar-refractivity contribution in [2.45, 2.75) is 95.2 Å². The zero-order chi connectivity index (χ0) is 33.4. The molecule has 2 amide bonds. The number of allylic oxidation sites excluding steroid dienone is 3. The Morgan fingerprint density at radius 1 is 1.27 bits per heavy atom. The van der Waals surface area contributed by atoms with Gasteiger partial charge >= 0.3 is 18.0 Å². The summed E-state index contributed by atoms with van der Waals surface area (Å²) in [6.07, 6.45) is 2.06. The third-order valence-corrected chi connectivity index (χ3v) is 9.90. The standard InChI is InChI=1S/C32H41ClN2O9S/c1-16-8-7-9-18(3)32(41)15-22(42-30(40)34-32)19(4)28-31(5,44-28)24(43-26(37)13-23(45)29(38)39)14-25(36)35(6)21-12-20(10-16)11-17(2)27(21)33/h7-9,11-12,18-19,22-24,28,41,45H,10,13-15H2,1-6H3,(H,34,40)(H,38,39)/b9-7+,16-8+. The third-order valence-electron chi connectivity index (χ3n) is 9.01. The van der Waals surface area contributed by atoms with Gasteiger partial charge in [0, 0.05) is 25.3 Å². The lowest BCUT2D eigenvalue weighted by Gasteiger charge is -2.41. The SMILES string of the molecule is C/C1=C\C=C\C(C)C2(O)CC(OC(=O)N2)C(C)C2OC2(C)C(OC(=O)CC(S)C(=O)O)CC(=O)N(C)c2cc(cc(C)c2Cl)C1. The van der Waals surface area contributed by atoms with Crippen LogP contribution in [0.15, 0.2) is 35.9 Å². The Bertz CT molecular complexity index is 1430. The number of carbonyl (C=O) groups is 4. The first kappa shape index (κ1) is 34.8. The van der Waals surface area contributed by atoms with Gasteiger partial charge in [0.1, 0.15) is 28.8 Å². The molecule has 3 aliphatic rings. The molecule has 8 unspecified atom stereocenters. The van der Waals surface area contributed by atoms with Crippen molar-refractivity contribution in [2.75, 3.05) is 11.9 Å². The average Bonchev–Trinajstić information content (AvgIpc) is 3.64. The Morgan fingerprint density at radius 2 is 1.96 bits per heavy atom. The molecule has 2 saturated heterocycles. The molecule has 4 bridgehead atoms. The molecule has 1 aromatic rings. The van der Waals surface area contributed by atoms with E-state index in [2.05, 4.69) is 17.9 Å². The van der Waals surface area contributed by atoms with Crippen LogP contribution in [0.2, 0.25) is 5.02 Å². The van der Waals surface area contributed by atoms with Gasteiger partial charge < -0.3 is 29.3 Å². The number of aliphatic hydroxyl groups is 1. The highest BCUT2D eigenvalue weighted by Gasteiger charge is 2.64. The van der Waals surface area contributed by atoms with Gasteiger partial charge in [-0.15, -0.1) is 0 Å². The number of hydrogen-bond acceptors (Lipinski definition) is 9. The van der Waals surface area contributed by atoms with Crippen LogP contribution in [0.1, 0.15) is 58.1 Å². The molecule has 45 heavy (non-hydrogen) atoms. The molecule has 0 saturated carbocycles. The van der Waals surface area contributed by atoms with Crippen LogP contribution in [-0.2, 0) is 35.0 Å². The average molecular weight is 665 g/mol. The lowest BCUT2D eigenvalue weighted by atomic mass is 9.82. The van der Waals surface area contributed by atoms with E-state index in [0.29, 0.717) is 17.1 Å². The van der Waals surface area contributed by atoms with Gasteiger partial charge in [-0.2, -0.15) is 12.6 Å². The number of epoxide rings is 1. The van der Waals surface area contributed by atoms with Crippen LogP contribution >= 0.6 is 24.2 Å². The number of carbonyl (C=O) groups excluding carboxylic acids is 3. The summed E-state index contributed by atoms with van der Waals surface area (Å²) < 4.78 is 17.4. The smallest absolute Gasteiger partial charge is 0.409 e. The number of ether oxygens (including phenoxy) is 3. The van der Waals surface area contributed by atoms with Crippen molar-refractivity contribution in [3.8, 4) is 0 Å². The molecule has 1 aromatic carbocycles. The number of halogens is 1. The second-order valence-electron chi connectivity index (χ2n) is 12.6. The first-order valence-electron chi connectivity index (χ1n) is 14.8. The van der Waals surface area contributed by atoms with Crippen LogP contribution in [-0.4, -0.2) is 76.1 Å². The highest BCUT2D eigenvalue weighted by Crippen LogP contribution is 2.49. The van der Waals surface area contributed by atoms with E-state index in [1.54, 1.807) is 27.8 Å². The van der Waals surface area contributed by atoms with E-state index in [-0.39, 0.29) is 12.8 Å².